The standard InChI is InChI=1S/C13H14BrClN2O2/c1-13(2,3)19-12(18)16-6-4-5-9-7-11(15)17-8-10(9)14/h7-8H,6H2,1-3H3,(H,16,18). The van der Waals surface area contributed by atoms with Gasteiger partial charge in [-0.3, -0.25) is 0 Å². The highest BCUT2D eigenvalue weighted by Gasteiger charge is 2.14. The smallest absolute Gasteiger partial charge is 0.408 e. The summed E-state index contributed by atoms with van der Waals surface area (Å²) in [6, 6.07) is 1.64. The Morgan fingerprint density at radius 2 is 2.26 bits per heavy atom. The lowest BCUT2D eigenvalue weighted by atomic mass is 10.2. The Morgan fingerprint density at radius 1 is 1.58 bits per heavy atom. The highest BCUT2D eigenvalue weighted by molar-refractivity contribution is 9.10. The van der Waals surface area contributed by atoms with Gasteiger partial charge in [-0.1, -0.05) is 23.4 Å². The third kappa shape index (κ3) is 6.46. The Balaban J connectivity index is 2.52. The van der Waals surface area contributed by atoms with E-state index in [0.717, 1.165) is 4.47 Å². The molecule has 1 heterocycles. The number of aromatic nitrogens is 1. The third-order valence-corrected chi connectivity index (χ3v) is 2.60. The van der Waals surface area contributed by atoms with Crippen molar-refractivity contribution in [1.82, 2.24) is 10.3 Å². The maximum absolute atomic E-state index is 11.3. The number of pyridine rings is 1. The number of hydrogen-bond acceptors (Lipinski definition) is 3. The van der Waals surface area contributed by atoms with Gasteiger partial charge in [-0.25, -0.2) is 9.78 Å². The average Bonchev–Trinajstić information content (AvgIpc) is 2.26. The van der Waals surface area contributed by atoms with E-state index in [2.05, 4.69) is 38.1 Å². The molecule has 1 aromatic rings. The number of amides is 1. The molecule has 0 aromatic carbocycles. The second kappa shape index (κ2) is 6.78. The van der Waals surface area contributed by atoms with E-state index >= 15 is 0 Å². The zero-order chi connectivity index (χ0) is 14.5. The number of halogens is 2. The number of carbonyl (C=O) groups is 1. The first-order chi connectivity index (χ1) is 8.78. The fourth-order valence-electron chi connectivity index (χ4n) is 1.08. The molecule has 1 amide bonds. The SMILES string of the molecule is CC(C)(C)OC(=O)NCC#Cc1cc(Cl)ncc1Br. The van der Waals surface area contributed by atoms with Crippen molar-refractivity contribution in [2.24, 2.45) is 0 Å². The number of rotatable bonds is 1. The molecule has 0 saturated carbocycles. The number of ether oxygens (including phenoxy) is 1. The Kier molecular flexibility index (Phi) is 5.64. The van der Waals surface area contributed by atoms with Gasteiger partial charge in [0, 0.05) is 11.8 Å². The molecule has 0 aliphatic carbocycles. The summed E-state index contributed by atoms with van der Waals surface area (Å²) >= 11 is 9.08. The molecule has 0 bridgehead atoms. The molecule has 0 radical (unpaired) electrons. The molecule has 6 heteroatoms. The van der Waals surface area contributed by atoms with Crippen LogP contribution in [-0.2, 0) is 4.74 Å². The highest BCUT2D eigenvalue weighted by atomic mass is 79.9. The highest BCUT2D eigenvalue weighted by Crippen LogP contribution is 2.17. The molecule has 19 heavy (non-hydrogen) atoms. The Labute approximate surface area is 126 Å². The minimum Gasteiger partial charge on any atom is -0.444 e. The number of alkyl carbamates (subject to hydrolysis) is 1. The Morgan fingerprint density at radius 3 is 2.89 bits per heavy atom. The second-order valence-electron chi connectivity index (χ2n) is 4.64. The van der Waals surface area contributed by atoms with Gasteiger partial charge in [0.05, 0.1) is 11.0 Å². The minimum absolute atomic E-state index is 0.196. The summed E-state index contributed by atoms with van der Waals surface area (Å²) < 4.78 is 5.83. The summed E-state index contributed by atoms with van der Waals surface area (Å²) in [6.45, 7) is 5.60. The summed E-state index contributed by atoms with van der Waals surface area (Å²) in [5, 5.41) is 2.91. The summed E-state index contributed by atoms with van der Waals surface area (Å²) in [4.78, 5) is 15.2. The molecular formula is C13H14BrClN2O2. The third-order valence-electron chi connectivity index (χ3n) is 1.77. The van der Waals surface area contributed by atoms with Crippen LogP contribution in [0.2, 0.25) is 5.15 Å². The maximum atomic E-state index is 11.3. The number of carbonyl (C=O) groups excluding carboxylic acids is 1. The van der Waals surface area contributed by atoms with Crippen LogP contribution in [0.1, 0.15) is 26.3 Å². The summed E-state index contributed by atoms with van der Waals surface area (Å²) in [7, 11) is 0. The molecule has 4 nitrogen and oxygen atoms in total. The number of nitrogens with one attached hydrogen (secondary N) is 1. The van der Waals surface area contributed by atoms with E-state index in [-0.39, 0.29) is 6.54 Å². The van der Waals surface area contributed by atoms with E-state index in [1.807, 2.05) is 0 Å². The zero-order valence-electron chi connectivity index (χ0n) is 10.9. The Hall–Kier alpha value is -1.25. The fraction of sp³-hybridized carbons (Fsp3) is 0.385. The number of hydrogen-bond donors (Lipinski definition) is 1. The molecule has 0 saturated heterocycles. The quantitative estimate of drug-likeness (QED) is 0.627. The molecule has 0 fully saturated rings. The molecular weight excluding hydrogens is 332 g/mol. The van der Waals surface area contributed by atoms with Gasteiger partial charge in [-0.05, 0) is 42.8 Å². The largest absolute Gasteiger partial charge is 0.444 e. The van der Waals surface area contributed by atoms with Crippen molar-refractivity contribution in [1.29, 1.82) is 0 Å². The lowest BCUT2D eigenvalue weighted by molar-refractivity contribution is 0.0535. The van der Waals surface area contributed by atoms with Crippen LogP contribution < -0.4 is 5.32 Å². The van der Waals surface area contributed by atoms with Crippen molar-refractivity contribution in [2.45, 2.75) is 26.4 Å². The van der Waals surface area contributed by atoms with E-state index < -0.39 is 11.7 Å². The van der Waals surface area contributed by atoms with E-state index in [1.54, 1.807) is 33.0 Å². The van der Waals surface area contributed by atoms with Gasteiger partial charge in [0.15, 0.2) is 0 Å². The van der Waals surface area contributed by atoms with Crippen LogP contribution >= 0.6 is 27.5 Å². The van der Waals surface area contributed by atoms with E-state index in [4.69, 9.17) is 16.3 Å². The molecule has 102 valence electrons. The van der Waals surface area contributed by atoms with Gasteiger partial charge >= 0.3 is 6.09 Å². The van der Waals surface area contributed by atoms with E-state index in [9.17, 15) is 4.79 Å². The topological polar surface area (TPSA) is 51.2 Å². The van der Waals surface area contributed by atoms with Gasteiger partial charge < -0.3 is 10.1 Å². The van der Waals surface area contributed by atoms with Gasteiger partial charge in [0.1, 0.15) is 10.8 Å². The summed E-state index contributed by atoms with van der Waals surface area (Å²) in [5.41, 5.74) is 0.199. The van der Waals surface area contributed by atoms with E-state index in [1.165, 1.54) is 0 Å². The molecule has 1 aromatic heterocycles. The molecule has 0 spiro atoms. The maximum Gasteiger partial charge on any atom is 0.408 e. The molecule has 1 N–H and O–H groups in total. The first kappa shape index (κ1) is 15.8. The van der Waals surface area contributed by atoms with Gasteiger partial charge in [0.25, 0.3) is 0 Å². The predicted molar refractivity (Wildman–Crippen MR) is 78.1 cm³/mol. The van der Waals surface area contributed by atoms with Crippen molar-refractivity contribution in [2.75, 3.05) is 6.54 Å². The lowest BCUT2D eigenvalue weighted by Gasteiger charge is -2.19. The van der Waals surface area contributed by atoms with Crippen LogP contribution in [0.3, 0.4) is 0 Å². The van der Waals surface area contributed by atoms with Crippen molar-refractivity contribution in [3.05, 3.63) is 27.5 Å². The molecule has 0 unspecified atom stereocenters. The predicted octanol–water partition coefficient (Wildman–Crippen LogP) is 3.37. The van der Waals surface area contributed by atoms with Gasteiger partial charge in [-0.2, -0.15) is 0 Å². The first-order valence-electron chi connectivity index (χ1n) is 5.55. The van der Waals surface area contributed by atoms with Crippen molar-refractivity contribution in [3.63, 3.8) is 0 Å². The minimum atomic E-state index is -0.515. The van der Waals surface area contributed by atoms with Crippen LogP contribution in [0.25, 0.3) is 0 Å². The number of nitrogens with zero attached hydrogens (tertiary/aromatic N) is 1. The van der Waals surface area contributed by atoms with Crippen LogP contribution in [0.15, 0.2) is 16.7 Å². The fourth-order valence-corrected chi connectivity index (χ4v) is 1.55. The molecule has 0 aliphatic heterocycles. The first-order valence-corrected chi connectivity index (χ1v) is 6.72. The van der Waals surface area contributed by atoms with Crippen molar-refractivity contribution in [3.8, 4) is 11.8 Å². The average molecular weight is 346 g/mol. The molecule has 0 aliphatic rings. The van der Waals surface area contributed by atoms with Gasteiger partial charge in [0.2, 0.25) is 0 Å². The molecule has 0 atom stereocenters. The summed E-state index contributed by atoms with van der Waals surface area (Å²) in [6.07, 6.45) is 1.09. The summed E-state index contributed by atoms with van der Waals surface area (Å²) in [5.74, 6) is 5.69. The monoisotopic (exact) mass is 344 g/mol. The molecule has 1 rings (SSSR count). The normalized spacial score (nSPS) is 10.4. The van der Waals surface area contributed by atoms with Crippen LogP contribution in [0.4, 0.5) is 4.79 Å². The zero-order valence-corrected chi connectivity index (χ0v) is 13.2. The van der Waals surface area contributed by atoms with Crippen LogP contribution in [-0.4, -0.2) is 23.2 Å². The Bertz CT molecular complexity index is 530. The van der Waals surface area contributed by atoms with E-state index in [0.29, 0.717) is 10.7 Å². The van der Waals surface area contributed by atoms with Crippen molar-refractivity contribution >= 4 is 33.6 Å². The second-order valence-corrected chi connectivity index (χ2v) is 5.89. The van der Waals surface area contributed by atoms with Crippen LogP contribution in [0.5, 0.6) is 0 Å². The van der Waals surface area contributed by atoms with Crippen LogP contribution in [0, 0.1) is 11.8 Å². The van der Waals surface area contributed by atoms with Gasteiger partial charge in [-0.15, -0.1) is 0 Å². The lowest BCUT2D eigenvalue weighted by Crippen LogP contribution is -2.32. The van der Waals surface area contributed by atoms with Crippen molar-refractivity contribution < 1.29 is 9.53 Å².